The number of rotatable bonds is 0. The highest BCUT2D eigenvalue weighted by atomic mass is 79.9. The van der Waals surface area contributed by atoms with Crippen molar-refractivity contribution in [2.75, 3.05) is 0 Å². The molecule has 2 bridgehead atoms. The Morgan fingerprint density at radius 2 is 2.17 bits per heavy atom. The molecule has 0 amide bonds. The van der Waals surface area contributed by atoms with E-state index in [1.165, 1.54) is 30.5 Å². The first-order valence-corrected chi connectivity index (χ1v) is 5.29. The summed E-state index contributed by atoms with van der Waals surface area (Å²) >= 11 is 3.54. The minimum Gasteiger partial charge on any atom is -0.271 e. The fourth-order valence-corrected chi connectivity index (χ4v) is 3.64. The van der Waals surface area contributed by atoms with Gasteiger partial charge in [0.05, 0.1) is 0 Å². The second-order valence-corrected chi connectivity index (χ2v) is 4.67. The number of aromatic nitrogens is 2. The average Bonchev–Trinajstić information content (AvgIpc) is 2.64. The van der Waals surface area contributed by atoms with Crippen LogP contribution in [-0.2, 0) is 7.05 Å². The summed E-state index contributed by atoms with van der Waals surface area (Å²) in [5, 5.41) is 4.41. The fourth-order valence-electron chi connectivity index (χ4n) is 2.87. The van der Waals surface area contributed by atoms with E-state index in [0.29, 0.717) is 0 Å². The predicted octanol–water partition coefficient (Wildman–Crippen LogP) is 2.55. The van der Waals surface area contributed by atoms with Gasteiger partial charge in [-0.3, -0.25) is 4.68 Å². The van der Waals surface area contributed by atoms with Crippen molar-refractivity contribution in [1.29, 1.82) is 0 Å². The quantitative estimate of drug-likeness (QED) is 0.665. The lowest BCUT2D eigenvalue weighted by Gasteiger charge is -2.10. The monoisotopic (exact) mass is 226 g/mol. The third-order valence-corrected chi connectivity index (χ3v) is 3.90. The Morgan fingerprint density at radius 3 is 2.92 bits per heavy atom. The summed E-state index contributed by atoms with van der Waals surface area (Å²) in [5.41, 5.74) is 3.01. The van der Waals surface area contributed by atoms with Crippen LogP contribution in [-0.4, -0.2) is 9.78 Å². The van der Waals surface area contributed by atoms with Gasteiger partial charge in [0.1, 0.15) is 4.60 Å². The zero-order valence-corrected chi connectivity index (χ0v) is 8.63. The maximum atomic E-state index is 4.41. The van der Waals surface area contributed by atoms with E-state index >= 15 is 0 Å². The summed E-state index contributed by atoms with van der Waals surface area (Å²) < 4.78 is 3.15. The van der Waals surface area contributed by atoms with Crippen LogP contribution in [0.1, 0.15) is 42.4 Å². The average molecular weight is 227 g/mol. The van der Waals surface area contributed by atoms with Crippen molar-refractivity contribution < 1.29 is 0 Å². The number of hydrogen-bond acceptors (Lipinski definition) is 1. The van der Waals surface area contributed by atoms with Gasteiger partial charge in [0, 0.05) is 24.2 Å². The van der Waals surface area contributed by atoms with E-state index in [-0.39, 0.29) is 0 Å². The normalized spacial score (nSPS) is 31.2. The molecule has 1 aromatic heterocycles. The Kier molecular flexibility index (Phi) is 1.27. The molecule has 2 aliphatic carbocycles. The van der Waals surface area contributed by atoms with E-state index in [9.17, 15) is 0 Å². The molecule has 12 heavy (non-hydrogen) atoms. The molecule has 1 heterocycles. The van der Waals surface area contributed by atoms with Gasteiger partial charge in [-0.1, -0.05) is 0 Å². The number of nitrogens with zero attached hydrogens (tertiary/aromatic N) is 2. The van der Waals surface area contributed by atoms with Gasteiger partial charge >= 0.3 is 0 Å². The number of fused-ring (bicyclic) bond motifs is 5. The molecular weight excluding hydrogens is 216 g/mol. The molecule has 64 valence electrons. The van der Waals surface area contributed by atoms with E-state index in [4.69, 9.17) is 0 Å². The third kappa shape index (κ3) is 0.685. The number of halogens is 1. The first-order valence-electron chi connectivity index (χ1n) is 4.49. The first-order chi connectivity index (χ1) is 5.77. The standard InChI is InChI=1S/C9H11BrN2/c1-12-8-6-3-2-5(4-6)7(8)9(10)11-12/h5-6H,2-4H2,1H3. The van der Waals surface area contributed by atoms with Gasteiger partial charge in [0.15, 0.2) is 0 Å². The van der Waals surface area contributed by atoms with Gasteiger partial charge in [-0.25, -0.2) is 0 Å². The topological polar surface area (TPSA) is 17.8 Å². The van der Waals surface area contributed by atoms with E-state index < -0.39 is 0 Å². The lowest BCUT2D eigenvalue weighted by Crippen LogP contribution is -2.02. The van der Waals surface area contributed by atoms with Gasteiger partial charge in [-0.15, -0.1) is 0 Å². The molecule has 2 nitrogen and oxygen atoms in total. The molecule has 0 N–H and O–H groups in total. The first kappa shape index (κ1) is 7.13. The van der Waals surface area contributed by atoms with Crippen LogP contribution >= 0.6 is 15.9 Å². The molecule has 3 heteroatoms. The van der Waals surface area contributed by atoms with Crippen LogP contribution in [0.2, 0.25) is 0 Å². The number of aryl methyl sites for hydroxylation is 1. The van der Waals surface area contributed by atoms with Gasteiger partial charge in [-0.2, -0.15) is 5.10 Å². The summed E-state index contributed by atoms with van der Waals surface area (Å²) in [5.74, 6) is 1.63. The molecule has 2 unspecified atom stereocenters. The predicted molar refractivity (Wildman–Crippen MR) is 50.2 cm³/mol. The van der Waals surface area contributed by atoms with E-state index in [1.807, 2.05) is 0 Å². The van der Waals surface area contributed by atoms with Gasteiger partial charge < -0.3 is 0 Å². The van der Waals surface area contributed by atoms with Crippen LogP contribution in [0.4, 0.5) is 0 Å². The van der Waals surface area contributed by atoms with Crippen LogP contribution in [0.3, 0.4) is 0 Å². The molecular formula is C9H11BrN2. The largest absolute Gasteiger partial charge is 0.271 e. The van der Waals surface area contributed by atoms with Crippen LogP contribution in [0, 0.1) is 0 Å². The highest BCUT2D eigenvalue weighted by Crippen LogP contribution is 2.54. The Labute approximate surface area is 80.1 Å². The van der Waals surface area contributed by atoms with Crippen molar-refractivity contribution in [3.8, 4) is 0 Å². The molecule has 0 radical (unpaired) electrons. The highest BCUT2D eigenvalue weighted by molar-refractivity contribution is 9.10. The van der Waals surface area contributed by atoms with Crippen molar-refractivity contribution in [2.45, 2.75) is 31.1 Å². The summed E-state index contributed by atoms with van der Waals surface area (Å²) in [6, 6.07) is 0. The SMILES string of the molecule is Cn1nc(Br)c2c1C1CCC2C1. The molecule has 2 aliphatic rings. The Bertz CT molecular complexity index is 312. The summed E-state index contributed by atoms with van der Waals surface area (Å²) in [4.78, 5) is 0. The lowest BCUT2D eigenvalue weighted by atomic mass is 9.98. The van der Waals surface area contributed by atoms with Crippen LogP contribution in [0.25, 0.3) is 0 Å². The van der Waals surface area contributed by atoms with Crippen molar-refractivity contribution >= 4 is 15.9 Å². The van der Waals surface area contributed by atoms with Crippen LogP contribution in [0.5, 0.6) is 0 Å². The number of hydrogen-bond donors (Lipinski definition) is 0. The minimum absolute atomic E-state index is 0.813. The van der Waals surface area contributed by atoms with Crippen molar-refractivity contribution in [1.82, 2.24) is 9.78 Å². The smallest absolute Gasteiger partial charge is 0.131 e. The maximum absolute atomic E-state index is 4.41. The van der Waals surface area contributed by atoms with Crippen molar-refractivity contribution in [3.05, 3.63) is 15.9 Å². The minimum atomic E-state index is 0.813. The Balaban J connectivity index is 2.28. The summed E-state index contributed by atoms with van der Waals surface area (Å²) in [7, 11) is 2.06. The molecule has 1 aromatic rings. The molecule has 0 aromatic carbocycles. The van der Waals surface area contributed by atoms with Gasteiger partial charge in [0.25, 0.3) is 0 Å². The fraction of sp³-hybridized carbons (Fsp3) is 0.667. The third-order valence-electron chi connectivity index (χ3n) is 3.31. The van der Waals surface area contributed by atoms with E-state index in [2.05, 4.69) is 32.8 Å². The Morgan fingerprint density at radius 1 is 1.42 bits per heavy atom. The van der Waals surface area contributed by atoms with Gasteiger partial charge in [-0.05, 0) is 41.1 Å². The van der Waals surface area contributed by atoms with Gasteiger partial charge in [0.2, 0.25) is 0 Å². The lowest BCUT2D eigenvalue weighted by molar-refractivity contribution is 0.624. The molecule has 0 aliphatic heterocycles. The highest BCUT2D eigenvalue weighted by Gasteiger charge is 2.41. The van der Waals surface area contributed by atoms with Crippen molar-refractivity contribution in [3.63, 3.8) is 0 Å². The zero-order valence-electron chi connectivity index (χ0n) is 7.05. The Hall–Kier alpha value is -0.310. The zero-order chi connectivity index (χ0) is 8.29. The second kappa shape index (κ2) is 2.13. The molecule has 1 saturated carbocycles. The molecule has 2 atom stereocenters. The van der Waals surface area contributed by atoms with Crippen LogP contribution < -0.4 is 0 Å². The second-order valence-electron chi connectivity index (χ2n) is 3.92. The summed E-state index contributed by atoms with van der Waals surface area (Å²) in [6.45, 7) is 0. The summed E-state index contributed by atoms with van der Waals surface area (Å²) in [6.07, 6.45) is 4.13. The maximum Gasteiger partial charge on any atom is 0.131 e. The molecule has 0 spiro atoms. The van der Waals surface area contributed by atoms with E-state index in [1.54, 1.807) is 0 Å². The van der Waals surface area contributed by atoms with Crippen LogP contribution in [0.15, 0.2) is 4.60 Å². The molecule has 0 saturated heterocycles. The molecule has 1 fully saturated rings. The van der Waals surface area contributed by atoms with Crippen molar-refractivity contribution in [2.24, 2.45) is 7.05 Å². The molecule has 3 rings (SSSR count). The van der Waals surface area contributed by atoms with E-state index in [0.717, 1.165) is 16.4 Å².